The van der Waals surface area contributed by atoms with Gasteiger partial charge < -0.3 is 4.42 Å². The predicted molar refractivity (Wildman–Crippen MR) is 113 cm³/mol. The van der Waals surface area contributed by atoms with Crippen LogP contribution in [0.15, 0.2) is 27.7 Å². The smallest absolute Gasteiger partial charge is 0.252 e. The van der Waals surface area contributed by atoms with Gasteiger partial charge in [-0.3, -0.25) is 0 Å². The first-order valence-corrected chi connectivity index (χ1v) is 10.5. The highest BCUT2D eigenvalue weighted by Gasteiger charge is 2.27. The van der Waals surface area contributed by atoms with Crippen molar-refractivity contribution in [3.8, 4) is 6.07 Å². The van der Waals surface area contributed by atoms with Gasteiger partial charge in [0.2, 0.25) is 11.6 Å². The highest BCUT2D eigenvalue weighted by Crippen LogP contribution is 2.38. The second-order valence-corrected chi connectivity index (χ2v) is 8.02. The largest absolute Gasteiger partial charge is 0.422 e. The Kier molecular flexibility index (Phi) is 7.36. The number of nitrogens with zero attached hydrogens (tertiary/aromatic N) is 3. The van der Waals surface area contributed by atoms with Crippen LogP contribution in [-0.4, -0.2) is 11.2 Å². The van der Waals surface area contributed by atoms with E-state index in [-0.39, 0.29) is 17.5 Å². The molecule has 0 spiro atoms. The van der Waals surface area contributed by atoms with Crippen LogP contribution in [0.5, 0.6) is 0 Å². The fraction of sp³-hybridized carbons (Fsp3) is 0.476. The number of unbranched alkanes of at least 4 members (excludes halogenated alkanes) is 1. The molecule has 0 amide bonds. The lowest BCUT2D eigenvalue weighted by Crippen LogP contribution is -2.13. The van der Waals surface area contributed by atoms with Gasteiger partial charge >= 0.3 is 0 Å². The zero-order valence-electron chi connectivity index (χ0n) is 15.9. The summed E-state index contributed by atoms with van der Waals surface area (Å²) < 4.78 is 5.84. The first-order chi connectivity index (χ1) is 13.6. The Hall–Kier alpha value is -2.03. The lowest BCUT2D eigenvalue weighted by molar-refractivity contribution is 0.278. The zero-order chi connectivity index (χ0) is 19.9. The summed E-state index contributed by atoms with van der Waals surface area (Å²) in [7, 11) is 0. The third-order valence-electron chi connectivity index (χ3n) is 5.27. The van der Waals surface area contributed by atoms with E-state index in [2.05, 4.69) is 28.5 Å². The van der Waals surface area contributed by atoms with E-state index in [4.69, 9.17) is 27.6 Å². The summed E-state index contributed by atoms with van der Waals surface area (Å²) in [5.74, 6) is 1.95. The van der Waals surface area contributed by atoms with Gasteiger partial charge in [-0.05, 0) is 43.7 Å². The van der Waals surface area contributed by atoms with Gasteiger partial charge in [-0.1, -0.05) is 55.5 Å². The number of halogens is 2. The SMILES string of the molecule is CCCCC1CCC(c2nc(C#N)c(NN=Cc3c(Cl)cccc3Cl)o2)CC1. The third kappa shape index (κ3) is 5.06. The van der Waals surface area contributed by atoms with Gasteiger partial charge in [-0.25, -0.2) is 10.4 Å². The average molecular weight is 419 g/mol. The monoisotopic (exact) mass is 418 g/mol. The number of aromatic nitrogens is 1. The summed E-state index contributed by atoms with van der Waals surface area (Å²) in [4.78, 5) is 4.38. The molecule has 1 fully saturated rings. The molecular weight excluding hydrogens is 395 g/mol. The lowest BCUT2D eigenvalue weighted by atomic mass is 9.80. The maximum absolute atomic E-state index is 9.37. The van der Waals surface area contributed by atoms with Crippen LogP contribution in [-0.2, 0) is 0 Å². The predicted octanol–water partition coefficient (Wildman–Crippen LogP) is 6.76. The van der Waals surface area contributed by atoms with Crippen molar-refractivity contribution >= 4 is 35.3 Å². The van der Waals surface area contributed by atoms with Crippen LogP contribution >= 0.6 is 23.2 Å². The molecule has 0 bridgehead atoms. The van der Waals surface area contributed by atoms with Crippen molar-refractivity contribution in [1.29, 1.82) is 5.26 Å². The summed E-state index contributed by atoms with van der Waals surface area (Å²) >= 11 is 12.3. The molecule has 0 aliphatic heterocycles. The summed E-state index contributed by atoms with van der Waals surface area (Å²) in [6, 6.07) is 7.31. The highest BCUT2D eigenvalue weighted by atomic mass is 35.5. The molecular formula is C21H24Cl2N4O. The number of nitrogens with one attached hydrogen (secondary N) is 1. The number of hydrogen-bond acceptors (Lipinski definition) is 5. The van der Waals surface area contributed by atoms with Crippen LogP contribution in [0.1, 0.15) is 74.9 Å². The molecule has 148 valence electrons. The van der Waals surface area contributed by atoms with Gasteiger partial charge in [0.1, 0.15) is 6.07 Å². The number of rotatable bonds is 7. The molecule has 0 atom stereocenters. The quantitative estimate of drug-likeness (QED) is 0.397. The molecule has 0 radical (unpaired) electrons. The molecule has 1 heterocycles. The Morgan fingerprint density at radius 2 is 2.00 bits per heavy atom. The van der Waals surface area contributed by atoms with Crippen LogP contribution in [0, 0.1) is 17.2 Å². The van der Waals surface area contributed by atoms with E-state index in [0.29, 0.717) is 21.5 Å². The molecule has 1 aromatic heterocycles. The normalized spacial score (nSPS) is 19.6. The fourth-order valence-corrected chi connectivity index (χ4v) is 4.14. The minimum absolute atomic E-state index is 0.213. The summed E-state index contributed by atoms with van der Waals surface area (Å²) in [6.45, 7) is 2.23. The molecule has 0 saturated heterocycles. The first-order valence-electron chi connectivity index (χ1n) is 9.76. The van der Waals surface area contributed by atoms with Gasteiger partial charge in [-0.2, -0.15) is 10.4 Å². The average Bonchev–Trinajstić information content (AvgIpc) is 3.12. The molecule has 3 rings (SSSR count). The van der Waals surface area contributed by atoms with Crippen LogP contribution in [0.4, 0.5) is 5.88 Å². The van der Waals surface area contributed by atoms with Crippen LogP contribution < -0.4 is 5.43 Å². The lowest BCUT2D eigenvalue weighted by Gasteiger charge is -2.26. The van der Waals surface area contributed by atoms with Crippen molar-refractivity contribution in [1.82, 2.24) is 4.98 Å². The molecule has 2 aromatic rings. The van der Waals surface area contributed by atoms with Crippen molar-refractivity contribution in [2.75, 3.05) is 5.43 Å². The topological polar surface area (TPSA) is 74.2 Å². The number of anilines is 1. The van der Waals surface area contributed by atoms with E-state index < -0.39 is 0 Å². The Balaban J connectivity index is 1.65. The maximum atomic E-state index is 9.37. The van der Waals surface area contributed by atoms with E-state index in [9.17, 15) is 5.26 Å². The molecule has 1 aliphatic rings. The van der Waals surface area contributed by atoms with E-state index in [0.717, 1.165) is 18.8 Å². The zero-order valence-corrected chi connectivity index (χ0v) is 17.4. The van der Waals surface area contributed by atoms with Crippen LogP contribution in [0.25, 0.3) is 0 Å². The summed E-state index contributed by atoms with van der Waals surface area (Å²) in [5, 5.41) is 14.5. The van der Waals surface area contributed by atoms with Crippen molar-refractivity contribution in [3.05, 3.63) is 45.4 Å². The Bertz CT molecular complexity index is 844. The molecule has 1 N–H and O–H groups in total. The van der Waals surface area contributed by atoms with Gasteiger partial charge in [-0.15, -0.1) is 0 Å². The molecule has 5 nitrogen and oxygen atoms in total. The second kappa shape index (κ2) is 9.95. The second-order valence-electron chi connectivity index (χ2n) is 7.21. The number of hydrazone groups is 1. The molecule has 1 aliphatic carbocycles. The molecule has 28 heavy (non-hydrogen) atoms. The van der Waals surface area contributed by atoms with Crippen molar-refractivity contribution in [3.63, 3.8) is 0 Å². The third-order valence-corrected chi connectivity index (χ3v) is 5.93. The Labute approximate surface area is 175 Å². The Morgan fingerprint density at radius 3 is 2.64 bits per heavy atom. The van der Waals surface area contributed by atoms with E-state index in [1.54, 1.807) is 18.2 Å². The van der Waals surface area contributed by atoms with Crippen LogP contribution in [0.3, 0.4) is 0 Å². The van der Waals surface area contributed by atoms with Gasteiger partial charge in [0.15, 0.2) is 0 Å². The van der Waals surface area contributed by atoms with E-state index in [1.165, 1.54) is 38.3 Å². The molecule has 0 unspecified atom stereocenters. The Morgan fingerprint density at radius 1 is 1.29 bits per heavy atom. The molecule has 1 aromatic carbocycles. The van der Waals surface area contributed by atoms with E-state index in [1.807, 2.05) is 0 Å². The minimum atomic E-state index is 0.213. The number of benzene rings is 1. The minimum Gasteiger partial charge on any atom is -0.422 e. The van der Waals surface area contributed by atoms with Crippen LogP contribution in [0.2, 0.25) is 10.0 Å². The van der Waals surface area contributed by atoms with E-state index >= 15 is 0 Å². The number of nitriles is 1. The van der Waals surface area contributed by atoms with Crippen molar-refractivity contribution < 1.29 is 4.42 Å². The summed E-state index contributed by atoms with van der Waals surface area (Å²) in [5.41, 5.74) is 3.58. The van der Waals surface area contributed by atoms with Gasteiger partial charge in [0.05, 0.1) is 16.3 Å². The fourth-order valence-electron chi connectivity index (χ4n) is 3.64. The van der Waals surface area contributed by atoms with Gasteiger partial charge in [0, 0.05) is 11.5 Å². The highest BCUT2D eigenvalue weighted by molar-refractivity contribution is 6.38. The van der Waals surface area contributed by atoms with Crippen molar-refractivity contribution in [2.45, 2.75) is 57.8 Å². The molecule has 7 heteroatoms. The maximum Gasteiger partial charge on any atom is 0.252 e. The standard InChI is InChI=1S/C21H24Cl2N4O/c1-2-3-5-14-8-10-15(11-9-14)20-26-19(12-24)21(28-20)27-25-13-16-17(22)6-4-7-18(16)23/h4,6-7,13-15,27H,2-3,5,8-11H2,1H3. The first kappa shape index (κ1) is 20.7. The number of oxazole rings is 1. The number of hydrogen-bond donors (Lipinski definition) is 1. The van der Waals surface area contributed by atoms with Crippen molar-refractivity contribution in [2.24, 2.45) is 11.0 Å². The molecule has 1 saturated carbocycles. The summed E-state index contributed by atoms with van der Waals surface area (Å²) in [6.07, 6.45) is 9.86. The van der Waals surface area contributed by atoms with Gasteiger partial charge in [0.25, 0.3) is 5.88 Å².